The van der Waals surface area contributed by atoms with Crippen molar-refractivity contribution < 1.29 is 19.0 Å². The molecule has 1 rings (SSSR count). The fourth-order valence-electron chi connectivity index (χ4n) is 2.53. The van der Waals surface area contributed by atoms with Gasteiger partial charge >= 0.3 is 5.97 Å². The minimum Gasteiger partial charge on any atom is -0.497 e. The Kier molecular flexibility index (Phi) is 8.52. The average Bonchev–Trinajstić information content (AvgIpc) is 2.60. The normalized spacial score (nSPS) is 13.3. The summed E-state index contributed by atoms with van der Waals surface area (Å²) in [7, 11) is 3.20. The summed E-state index contributed by atoms with van der Waals surface area (Å²) < 4.78 is 16.1. The number of hydrogen-bond donors (Lipinski definition) is 0. The van der Waals surface area contributed by atoms with Crippen LogP contribution < -0.4 is 9.47 Å². The van der Waals surface area contributed by atoms with Crippen LogP contribution in [0.1, 0.15) is 57.9 Å². The van der Waals surface area contributed by atoms with Gasteiger partial charge in [-0.1, -0.05) is 39.2 Å². The van der Waals surface area contributed by atoms with Crippen molar-refractivity contribution >= 4 is 5.97 Å². The maximum atomic E-state index is 12.4. The molecule has 2 unspecified atom stereocenters. The molecule has 130 valence electrons. The molecule has 0 heterocycles. The highest BCUT2D eigenvalue weighted by Gasteiger charge is 2.22. The van der Waals surface area contributed by atoms with Gasteiger partial charge in [-0.05, 0) is 25.3 Å². The van der Waals surface area contributed by atoms with Crippen molar-refractivity contribution in [2.24, 2.45) is 5.92 Å². The first-order valence-electron chi connectivity index (χ1n) is 8.45. The fourth-order valence-corrected chi connectivity index (χ4v) is 2.53. The number of unbranched alkanes of at least 4 members (excludes halogenated alkanes) is 1. The first kappa shape index (κ1) is 19.3. The predicted octanol–water partition coefficient (Wildman–Crippen LogP) is 4.57. The lowest BCUT2D eigenvalue weighted by Gasteiger charge is -2.19. The van der Waals surface area contributed by atoms with Crippen molar-refractivity contribution in [3.8, 4) is 11.5 Å². The minimum atomic E-state index is -0.362. The Bertz CT molecular complexity index is 484. The van der Waals surface area contributed by atoms with Crippen molar-refractivity contribution in [3.05, 3.63) is 23.8 Å². The molecule has 0 N–H and O–H groups in total. The summed E-state index contributed by atoms with van der Waals surface area (Å²) in [4.78, 5) is 12.4. The van der Waals surface area contributed by atoms with Gasteiger partial charge in [0.15, 0.2) is 0 Å². The molecular weight excluding hydrogens is 292 g/mol. The van der Waals surface area contributed by atoms with E-state index in [0.717, 1.165) is 18.4 Å². The molecule has 0 fully saturated rings. The van der Waals surface area contributed by atoms with Crippen LogP contribution in [0, 0.1) is 5.92 Å². The van der Waals surface area contributed by atoms with E-state index in [4.69, 9.17) is 14.2 Å². The number of hydrogen-bond acceptors (Lipinski definition) is 4. The third-order valence-corrected chi connectivity index (χ3v) is 4.27. The molecular formula is C19H30O4. The predicted molar refractivity (Wildman–Crippen MR) is 92.2 cm³/mol. The van der Waals surface area contributed by atoms with Crippen LogP contribution in [0.3, 0.4) is 0 Å². The van der Waals surface area contributed by atoms with Gasteiger partial charge in [0.25, 0.3) is 0 Å². The van der Waals surface area contributed by atoms with E-state index in [1.165, 1.54) is 12.8 Å². The highest BCUT2D eigenvalue weighted by Crippen LogP contribution is 2.31. The summed E-state index contributed by atoms with van der Waals surface area (Å²) in [6, 6.07) is 5.48. The van der Waals surface area contributed by atoms with Crippen molar-refractivity contribution in [1.29, 1.82) is 0 Å². The van der Waals surface area contributed by atoms with Crippen molar-refractivity contribution in [3.63, 3.8) is 0 Å². The molecule has 23 heavy (non-hydrogen) atoms. The lowest BCUT2D eigenvalue weighted by atomic mass is 9.99. The number of carbonyl (C=O) groups is 1. The highest BCUT2D eigenvalue weighted by atomic mass is 16.5. The standard InChI is InChI=1S/C19H30O4/c1-6-8-9-15(7-2)13-23-19(20)14(3)17-11-10-16(21-4)12-18(17)22-5/h10-12,14-15H,6-9,13H2,1-5H3. The Morgan fingerprint density at radius 3 is 2.48 bits per heavy atom. The van der Waals surface area contributed by atoms with Gasteiger partial charge in [-0.3, -0.25) is 4.79 Å². The van der Waals surface area contributed by atoms with Crippen LogP contribution in [0.2, 0.25) is 0 Å². The summed E-state index contributed by atoms with van der Waals surface area (Å²) in [6.45, 7) is 6.67. The molecule has 1 aromatic rings. The smallest absolute Gasteiger partial charge is 0.313 e. The number of esters is 1. The van der Waals surface area contributed by atoms with E-state index in [0.29, 0.717) is 24.0 Å². The number of benzene rings is 1. The van der Waals surface area contributed by atoms with E-state index in [1.54, 1.807) is 20.3 Å². The molecule has 0 radical (unpaired) electrons. The van der Waals surface area contributed by atoms with Crippen LogP contribution in [0.15, 0.2) is 18.2 Å². The average molecular weight is 322 g/mol. The van der Waals surface area contributed by atoms with Crippen LogP contribution in [0.25, 0.3) is 0 Å². The van der Waals surface area contributed by atoms with Gasteiger partial charge in [-0.25, -0.2) is 0 Å². The zero-order valence-corrected chi connectivity index (χ0v) is 15.1. The number of ether oxygens (including phenoxy) is 3. The zero-order valence-electron chi connectivity index (χ0n) is 15.1. The Morgan fingerprint density at radius 2 is 1.91 bits per heavy atom. The lowest BCUT2D eigenvalue weighted by molar-refractivity contribution is -0.146. The summed E-state index contributed by atoms with van der Waals surface area (Å²) in [6.07, 6.45) is 4.50. The third kappa shape index (κ3) is 5.77. The number of rotatable bonds is 10. The second kappa shape index (κ2) is 10.1. The highest BCUT2D eigenvalue weighted by molar-refractivity contribution is 5.78. The number of carbonyl (C=O) groups excluding carboxylic acids is 1. The molecule has 1 aromatic carbocycles. The van der Waals surface area contributed by atoms with Gasteiger partial charge < -0.3 is 14.2 Å². The van der Waals surface area contributed by atoms with E-state index in [1.807, 2.05) is 19.1 Å². The van der Waals surface area contributed by atoms with Crippen molar-refractivity contribution in [1.82, 2.24) is 0 Å². The Labute approximate surface area is 140 Å². The molecule has 0 aromatic heterocycles. The summed E-state index contributed by atoms with van der Waals surface area (Å²) >= 11 is 0. The van der Waals surface area contributed by atoms with Crippen LogP contribution in [-0.4, -0.2) is 26.8 Å². The molecule has 0 aliphatic heterocycles. The van der Waals surface area contributed by atoms with Crippen LogP contribution in [0.4, 0.5) is 0 Å². The maximum absolute atomic E-state index is 12.4. The van der Waals surface area contributed by atoms with E-state index in [-0.39, 0.29) is 11.9 Å². The summed E-state index contributed by atoms with van der Waals surface area (Å²) in [5.74, 6) is 1.23. The summed E-state index contributed by atoms with van der Waals surface area (Å²) in [5, 5.41) is 0. The lowest BCUT2D eigenvalue weighted by Crippen LogP contribution is -2.18. The van der Waals surface area contributed by atoms with Gasteiger partial charge in [0.05, 0.1) is 26.7 Å². The molecule has 0 aliphatic carbocycles. The van der Waals surface area contributed by atoms with Gasteiger partial charge in [-0.15, -0.1) is 0 Å². The molecule has 0 saturated heterocycles. The van der Waals surface area contributed by atoms with Crippen LogP contribution in [-0.2, 0) is 9.53 Å². The monoisotopic (exact) mass is 322 g/mol. The second-order valence-electron chi connectivity index (χ2n) is 5.88. The van der Waals surface area contributed by atoms with Crippen LogP contribution >= 0.6 is 0 Å². The van der Waals surface area contributed by atoms with Gasteiger partial charge in [-0.2, -0.15) is 0 Å². The molecule has 0 amide bonds. The molecule has 0 saturated carbocycles. The maximum Gasteiger partial charge on any atom is 0.313 e. The molecule has 0 spiro atoms. The molecule has 4 heteroatoms. The largest absolute Gasteiger partial charge is 0.497 e. The van der Waals surface area contributed by atoms with E-state index in [2.05, 4.69) is 13.8 Å². The van der Waals surface area contributed by atoms with Crippen molar-refractivity contribution in [2.75, 3.05) is 20.8 Å². The first-order chi connectivity index (χ1) is 11.1. The minimum absolute atomic E-state index is 0.205. The quantitative estimate of drug-likeness (QED) is 0.592. The van der Waals surface area contributed by atoms with E-state index >= 15 is 0 Å². The Balaban J connectivity index is 2.69. The zero-order chi connectivity index (χ0) is 17.2. The van der Waals surface area contributed by atoms with E-state index in [9.17, 15) is 4.79 Å². The van der Waals surface area contributed by atoms with E-state index < -0.39 is 0 Å². The van der Waals surface area contributed by atoms with Crippen molar-refractivity contribution in [2.45, 2.75) is 52.4 Å². The third-order valence-electron chi connectivity index (χ3n) is 4.27. The Morgan fingerprint density at radius 1 is 1.17 bits per heavy atom. The molecule has 4 nitrogen and oxygen atoms in total. The fraction of sp³-hybridized carbons (Fsp3) is 0.632. The molecule has 2 atom stereocenters. The molecule has 0 bridgehead atoms. The van der Waals surface area contributed by atoms with Gasteiger partial charge in [0.2, 0.25) is 0 Å². The van der Waals surface area contributed by atoms with Crippen LogP contribution in [0.5, 0.6) is 11.5 Å². The van der Waals surface area contributed by atoms with Gasteiger partial charge in [0, 0.05) is 11.6 Å². The topological polar surface area (TPSA) is 44.8 Å². The Hall–Kier alpha value is -1.71. The molecule has 0 aliphatic rings. The second-order valence-corrected chi connectivity index (χ2v) is 5.88. The SMILES string of the molecule is CCCCC(CC)COC(=O)C(C)c1ccc(OC)cc1OC. The first-order valence-corrected chi connectivity index (χ1v) is 8.45. The van der Waals surface area contributed by atoms with Gasteiger partial charge in [0.1, 0.15) is 11.5 Å². The number of methoxy groups -OCH3 is 2. The summed E-state index contributed by atoms with van der Waals surface area (Å²) in [5.41, 5.74) is 0.819.